The van der Waals surface area contributed by atoms with Crippen molar-refractivity contribution in [1.82, 2.24) is 40.8 Å². The second-order valence-electron chi connectivity index (χ2n) is 5.04. The van der Waals surface area contributed by atoms with Crippen LogP contribution in [0.3, 0.4) is 0 Å². The Morgan fingerprint density at radius 2 is 2.04 bits per heavy atom. The number of aromatic nitrogens is 8. The number of rotatable bonds is 4. The Hall–Kier alpha value is -3.95. The number of tetrazole rings is 2. The molecule has 1 amide bonds. The second kappa shape index (κ2) is 6.28. The molecule has 2 aromatic carbocycles. The molecule has 10 nitrogen and oxygen atoms in total. The lowest BCUT2D eigenvalue weighted by atomic mass is 10.1. The summed E-state index contributed by atoms with van der Waals surface area (Å²) in [7, 11) is 0. The SMILES string of the molecule is O=C(Nc1cccc(-c2nn[nH]n2)c1)c1ccccc1-n1cnnn1. The van der Waals surface area contributed by atoms with Gasteiger partial charge in [0, 0.05) is 11.3 Å². The number of para-hydroxylation sites is 1. The van der Waals surface area contributed by atoms with Gasteiger partial charge in [-0.05, 0) is 39.9 Å². The van der Waals surface area contributed by atoms with Crippen LogP contribution in [0.25, 0.3) is 17.1 Å². The van der Waals surface area contributed by atoms with E-state index in [1.54, 1.807) is 36.4 Å². The Kier molecular flexibility index (Phi) is 3.67. The number of carbonyl (C=O) groups is 1. The molecule has 0 atom stereocenters. The lowest BCUT2D eigenvalue weighted by Crippen LogP contribution is -2.15. The fourth-order valence-corrected chi connectivity index (χ4v) is 2.36. The highest BCUT2D eigenvalue weighted by atomic mass is 16.1. The third kappa shape index (κ3) is 2.95. The quantitative estimate of drug-likeness (QED) is 0.572. The van der Waals surface area contributed by atoms with E-state index in [0.717, 1.165) is 5.56 Å². The smallest absolute Gasteiger partial charge is 0.257 e. The van der Waals surface area contributed by atoms with Crippen LogP contribution in [0.15, 0.2) is 54.9 Å². The van der Waals surface area contributed by atoms with Crippen LogP contribution in [0.1, 0.15) is 10.4 Å². The molecule has 0 fully saturated rings. The monoisotopic (exact) mass is 333 g/mol. The van der Waals surface area contributed by atoms with Crippen molar-refractivity contribution in [2.45, 2.75) is 0 Å². The molecule has 0 radical (unpaired) electrons. The van der Waals surface area contributed by atoms with E-state index in [1.165, 1.54) is 11.0 Å². The molecule has 4 rings (SSSR count). The average Bonchev–Trinajstić information content (AvgIpc) is 3.36. The third-order valence-electron chi connectivity index (χ3n) is 3.47. The largest absolute Gasteiger partial charge is 0.322 e. The van der Waals surface area contributed by atoms with Gasteiger partial charge in [0.25, 0.3) is 5.91 Å². The molecular formula is C15H11N9O. The summed E-state index contributed by atoms with van der Waals surface area (Å²) in [5.41, 5.74) is 2.37. The Labute approximate surface area is 140 Å². The molecule has 4 aromatic rings. The number of aromatic amines is 1. The minimum Gasteiger partial charge on any atom is -0.322 e. The molecule has 0 saturated heterocycles. The molecule has 0 aliphatic carbocycles. The van der Waals surface area contributed by atoms with Crippen molar-refractivity contribution >= 4 is 11.6 Å². The highest BCUT2D eigenvalue weighted by molar-refractivity contribution is 6.06. The van der Waals surface area contributed by atoms with Crippen LogP contribution < -0.4 is 5.32 Å². The fourth-order valence-electron chi connectivity index (χ4n) is 2.36. The predicted octanol–water partition coefficient (Wildman–Crippen LogP) is 1.09. The minimum atomic E-state index is -0.281. The molecule has 0 bridgehead atoms. The highest BCUT2D eigenvalue weighted by Gasteiger charge is 2.14. The van der Waals surface area contributed by atoms with Crippen molar-refractivity contribution in [3.63, 3.8) is 0 Å². The first-order valence-corrected chi connectivity index (χ1v) is 7.29. The Morgan fingerprint density at radius 3 is 2.84 bits per heavy atom. The maximum atomic E-state index is 12.7. The van der Waals surface area contributed by atoms with Gasteiger partial charge in [-0.2, -0.15) is 9.90 Å². The summed E-state index contributed by atoms with van der Waals surface area (Å²) < 4.78 is 1.44. The van der Waals surface area contributed by atoms with Gasteiger partial charge in [-0.25, -0.2) is 0 Å². The maximum Gasteiger partial charge on any atom is 0.257 e. The lowest BCUT2D eigenvalue weighted by molar-refractivity contribution is 0.102. The van der Waals surface area contributed by atoms with Gasteiger partial charge in [-0.3, -0.25) is 4.79 Å². The number of nitrogens with one attached hydrogen (secondary N) is 2. The van der Waals surface area contributed by atoms with Crippen LogP contribution in [-0.4, -0.2) is 46.7 Å². The van der Waals surface area contributed by atoms with Gasteiger partial charge in [-0.1, -0.05) is 24.3 Å². The highest BCUT2D eigenvalue weighted by Crippen LogP contribution is 2.20. The van der Waals surface area contributed by atoms with Crippen molar-refractivity contribution in [3.05, 3.63) is 60.4 Å². The first kappa shape index (κ1) is 14.6. The van der Waals surface area contributed by atoms with E-state index >= 15 is 0 Å². The molecule has 2 N–H and O–H groups in total. The van der Waals surface area contributed by atoms with Gasteiger partial charge in [-0.15, -0.1) is 15.3 Å². The van der Waals surface area contributed by atoms with Gasteiger partial charge in [0.2, 0.25) is 5.82 Å². The lowest BCUT2D eigenvalue weighted by Gasteiger charge is -2.10. The number of nitrogens with zero attached hydrogens (tertiary/aromatic N) is 7. The number of benzene rings is 2. The summed E-state index contributed by atoms with van der Waals surface area (Å²) >= 11 is 0. The summed E-state index contributed by atoms with van der Waals surface area (Å²) in [5, 5.41) is 27.7. The molecule has 25 heavy (non-hydrogen) atoms. The van der Waals surface area contributed by atoms with Gasteiger partial charge >= 0.3 is 0 Å². The van der Waals surface area contributed by atoms with E-state index in [9.17, 15) is 4.79 Å². The van der Waals surface area contributed by atoms with Gasteiger partial charge in [0.15, 0.2) is 0 Å². The van der Waals surface area contributed by atoms with Gasteiger partial charge in [0.05, 0.1) is 11.3 Å². The molecule has 0 aliphatic heterocycles. The zero-order valence-electron chi connectivity index (χ0n) is 12.7. The fraction of sp³-hybridized carbons (Fsp3) is 0. The third-order valence-corrected chi connectivity index (χ3v) is 3.47. The van der Waals surface area contributed by atoms with Crippen LogP contribution in [0.5, 0.6) is 0 Å². The molecule has 122 valence electrons. The maximum absolute atomic E-state index is 12.7. The Balaban J connectivity index is 1.63. The van der Waals surface area contributed by atoms with E-state index in [1.807, 2.05) is 12.1 Å². The Morgan fingerprint density at radius 1 is 1.12 bits per heavy atom. The predicted molar refractivity (Wildman–Crippen MR) is 86.7 cm³/mol. The summed E-state index contributed by atoms with van der Waals surface area (Å²) in [4.78, 5) is 12.7. The van der Waals surface area contributed by atoms with Crippen LogP contribution in [-0.2, 0) is 0 Å². The summed E-state index contributed by atoms with van der Waals surface area (Å²) in [6.45, 7) is 0. The topological polar surface area (TPSA) is 127 Å². The number of hydrogen-bond donors (Lipinski definition) is 2. The van der Waals surface area contributed by atoms with Crippen LogP contribution in [0.2, 0.25) is 0 Å². The van der Waals surface area contributed by atoms with Gasteiger partial charge < -0.3 is 5.32 Å². The molecule has 10 heteroatoms. The Bertz CT molecular complexity index is 996. The van der Waals surface area contributed by atoms with E-state index in [0.29, 0.717) is 22.8 Å². The summed E-state index contributed by atoms with van der Waals surface area (Å²) in [6.07, 6.45) is 1.43. The van der Waals surface area contributed by atoms with Crippen LogP contribution in [0.4, 0.5) is 5.69 Å². The van der Waals surface area contributed by atoms with Crippen molar-refractivity contribution in [2.24, 2.45) is 0 Å². The summed E-state index contributed by atoms with van der Waals surface area (Å²) in [6, 6.07) is 14.2. The minimum absolute atomic E-state index is 0.281. The molecule has 0 unspecified atom stereocenters. The van der Waals surface area contributed by atoms with Gasteiger partial charge in [0.1, 0.15) is 6.33 Å². The first-order valence-electron chi connectivity index (χ1n) is 7.29. The molecule has 0 aliphatic rings. The van der Waals surface area contributed by atoms with Crippen molar-refractivity contribution in [3.8, 4) is 17.1 Å². The van der Waals surface area contributed by atoms with Crippen molar-refractivity contribution < 1.29 is 4.79 Å². The van der Waals surface area contributed by atoms with E-state index < -0.39 is 0 Å². The van der Waals surface area contributed by atoms with Crippen LogP contribution in [0, 0.1) is 0 Å². The number of amides is 1. The molecule has 2 aromatic heterocycles. The standard InChI is InChI=1S/C15H11N9O/c25-15(12-6-1-2-7-13(12)24-9-16-20-23-24)17-11-5-3-4-10(8-11)14-18-21-22-19-14/h1-9H,(H,17,25)(H,18,19,21,22). The first-order chi connectivity index (χ1) is 12.3. The zero-order chi connectivity index (χ0) is 17.1. The van der Waals surface area contributed by atoms with E-state index in [-0.39, 0.29) is 5.91 Å². The molecule has 0 saturated carbocycles. The van der Waals surface area contributed by atoms with Crippen LogP contribution >= 0.6 is 0 Å². The average molecular weight is 333 g/mol. The number of H-pyrrole nitrogens is 1. The number of carbonyl (C=O) groups excluding carboxylic acids is 1. The molecule has 0 spiro atoms. The number of anilines is 1. The van der Waals surface area contributed by atoms with E-state index in [2.05, 4.69) is 41.5 Å². The second-order valence-corrected chi connectivity index (χ2v) is 5.04. The van der Waals surface area contributed by atoms with Crippen molar-refractivity contribution in [1.29, 1.82) is 0 Å². The van der Waals surface area contributed by atoms with E-state index in [4.69, 9.17) is 0 Å². The molecular weight excluding hydrogens is 322 g/mol. The normalized spacial score (nSPS) is 10.6. The summed E-state index contributed by atoms with van der Waals surface area (Å²) in [5.74, 6) is 0.168. The zero-order valence-corrected chi connectivity index (χ0v) is 12.7. The molecule has 2 heterocycles. The number of hydrogen-bond acceptors (Lipinski definition) is 7. The van der Waals surface area contributed by atoms with Crippen molar-refractivity contribution in [2.75, 3.05) is 5.32 Å².